The third kappa shape index (κ3) is 2.21. The molecule has 0 unspecified atom stereocenters. The van der Waals surface area contributed by atoms with E-state index in [9.17, 15) is 4.79 Å². The molecule has 1 aromatic carbocycles. The summed E-state index contributed by atoms with van der Waals surface area (Å²) in [6.45, 7) is 0.490. The topological polar surface area (TPSA) is 73.0 Å². The number of aromatic amines is 1. The van der Waals surface area contributed by atoms with E-state index < -0.39 is 0 Å². The summed E-state index contributed by atoms with van der Waals surface area (Å²) in [5.41, 5.74) is 1.82. The highest BCUT2D eigenvalue weighted by Gasteiger charge is 1.99. The molecule has 5 nitrogen and oxygen atoms in total. The van der Waals surface area contributed by atoms with E-state index in [4.69, 9.17) is 5.90 Å². The maximum Gasteiger partial charge on any atom is 0.330 e. The quantitative estimate of drug-likeness (QED) is 0.739. The lowest BCUT2D eigenvalue weighted by Crippen LogP contribution is -2.13. The fourth-order valence-corrected chi connectivity index (χ4v) is 1.52. The van der Waals surface area contributed by atoms with Gasteiger partial charge in [0.2, 0.25) is 0 Å². The standard InChI is InChI=1S/C11H13N3O2/c12-16-8-5-9-1-3-10(4-2-9)14-7-6-13-11(14)15/h1-4,6-7H,5,8,12H2,(H,13,15). The second kappa shape index (κ2) is 4.78. The lowest BCUT2D eigenvalue weighted by molar-refractivity contribution is 0.141. The van der Waals surface area contributed by atoms with Gasteiger partial charge in [0.05, 0.1) is 12.3 Å². The van der Waals surface area contributed by atoms with Gasteiger partial charge in [-0.05, 0) is 24.1 Å². The van der Waals surface area contributed by atoms with Gasteiger partial charge in [0.1, 0.15) is 0 Å². The van der Waals surface area contributed by atoms with Gasteiger partial charge >= 0.3 is 5.69 Å². The van der Waals surface area contributed by atoms with Crippen LogP contribution in [0.2, 0.25) is 0 Å². The average Bonchev–Trinajstić information content (AvgIpc) is 2.74. The van der Waals surface area contributed by atoms with Gasteiger partial charge in [0.15, 0.2) is 0 Å². The van der Waals surface area contributed by atoms with E-state index in [1.54, 1.807) is 17.0 Å². The second-order valence-electron chi connectivity index (χ2n) is 3.42. The molecule has 0 amide bonds. The van der Waals surface area contributed by atoms with Crippen molar-refractivity contribution >= 4 is 0 Å². The number of nitrogens with two attached hydrogens (primary N) is 1. The van der Waals surface area contributed by atoms with Crippen LogP contribution < -0.4 is 11.6 Å². The molecule has 1 heterocycles. The monoisotopic (exact) mass is 219 g/mol. The van der Waals surface area contributed by atoms with Crippen molar-refractivity contribution in [2.45, 2.75) is 6.42 Å². The zero-order chi connectivity index (χ0) is 11.4. The van der Waals surface area contributed by atoms with E-state index >= 15 is 0 Å². The van der Waals surface area contributed by atoms with Gasteiger partial charge in [-0.15, -0.1) is 0 Å². The van der Waals surface area contributed by atoms with Crippen LogP contribution in [0.5, 0.6) is 0 Å². The summed E-state index contributed by atoms with van der Waals surface area (Å²) in [4.78, 5) is 18.4. The van der Waals surface area contributed by atoms with E-state index in [0.29, 0.717) is 6.61 Å². The van der Waals surface area contributed by atoms with Crippen molar-refractivity contribution in [3.8, 4) is 5.69 Å². The molecule has 1 aromatic heterocycles. The van der Waals surface area contributed by atoms with Gasteiger partial charge in [-0.1, -0.05) is 12.1 Å². The third-order valence-corrected chi connectivity index (χ3v) is 2.37. The smallest absolute Gasteiger partial charge is 0.312 e. The Hall–Kier alpha value is -1.85. The third-order valence-electron chi connectivity index (χ3n) is 2.37. The largest absolute Gasteiger partial charge is 0.330 e. The number of imidazole rings is 1. The second-order valence-corrected chi connectivity index (χ2v) is 3.42. The zero-order valence-corrected chi connectivity index (χ0v) is 8.72. The van der Waals surface area contributed by atoms with Crippen molar-refractivity contribution in [1.82, 2.24) is 9.55 Å². The van der Waals surface area contributed by atoms with Crippen molar-refractivity contribution in [3.05, 3.63) is 52.7 Å². The average molecular weight is 219 g/mol. The first-order chi connectivity index (χ1) is 7.81. The highest BCUT2D eigenvalue weighted by Crippen LogP contribution is 2.08. The Bertz CT molecular complexity index is 498. The molecular weight excluding hydrogens is 206 g/mol. The molecule has 0 atom stereocenters. The summed E-state index contributed by atoms with van der Waals surface area (Å²) >= 11 is 0. The number of nitrogens with zero attached hydrogens (tertiary/aromatic N) is 1. The van der Waals surface area contributed by atoms with Crippen molar-refractivity contribution in [1.29, 1.82) is 0 Å². The molecule has 3 N–H and O–H groups in total. The van der Waals surface area contributed by atoms with Gasteiger partial charge < -0.3 is 9.82 Å². The number of nitrogens with one attached hydrogen (secondary N) is 1. The van der Waals surface area contributed by atoms with Gasteiger partial charge in [0, 0.05) is 12.4 Å². The van der Waals surface area contributed by atoms with E-state index in [1.165, 1.54) is 0 Å². The molecule has 0 fully saturated rings. The summed E-state index contributed by atoms with van der Waals surface area (Å²) in [5, 5.41) is 0. The molecule has 0 aliphatic rings. The van der Waals surface area contributed by atoms with Crippen LogP contribution in [0.1, 0.15) is 5.56 Å². The Kier molecular flexibility index (Phi) is 3.19. The van der Waals surface area contributed by atoms with Crippen molar-refractivity contribution in [2.24, 2.45) is 5.90 Å². The van der Waals surface area contributed by atoms with Gasteiger partial charge in [-0.25, -0.2) is 10.7 Å². The Morgan fingerprint density at radius 3 is 2.62 bits per heavy atom. The molecule has 0 aliphatic heterocycles. The van der Waals surface area contributed by atoms with Crippen molar-refractivity contribution < 1.29 is 4.84 Å². The first-order valence-corrected chi connectivity index (χ1v) is 4.98. The molecule has 0 aliphatic carbocycles. The van der Waals surface area contributed by atoms with E-state index in [2.05, 4.69) is 9.82 Å². The normalized spacial score (nSPS) is 10.6. The SMILES string of the molecule is NOCCc1ccc(-n2cc[nH]c2=O)cc1. The Labute approximate surface area is 92.4 Å². The van der Waals surface area contributed by atoms with Crippen molar-refractivity contribution in [3.63, 3.8) is 0 Å². The highest BCUT2D eigenvalue weighted by atomic mass is 16.6. The van der Waals surface area contributed by atoms with Gasteiger partial charge in [-0.2, -0.15) is 0 Å². The summed E-state index contributed by atoms with van der Waals surface area (Å²) in [5.74, 6) is 4.95. The molecule has 0 saturated carbocycles. The molecule has 5 heteroatoms. The molecule has 0 saturated heterocycles. The summed E-state index contributed by atoms with van der Waals surface area (Å²) in [7, 11) is 0. The van der Waals surface area contributed by atoms with Crippen LogP contribution in [0.25, 0.3) is 5.69 Å². The van der Waals surface area contributed by atoms with Crippen LogP contribution in [0.15, 0.2) is 41.5 Å². The zero-order valence-electron chi connectivity index (χ0n) is 8.72. The molecule has 0 spiro atoms. The molecular formula is C11H13N3O2. The molecule has 16 heavy (non-hydrogen) atoms. The minimum Gasteiger partial charge on any atom is -0.312 e. The Balaban J connectivity index is 2.20. The van der Waals surface area contributed by atoms with E-state index in [1.807, 2.05) is 24.3 Å². The van der Waals surface area contributed by atoms with Gasteiger partial charge in [0.25, 0.3) is 0 Å². The number of aromatic nitrogens is 2. The van der Waals surface area contributed by atoms with Crippen LogP contribution in [-0.2, 0) is 11.3 Å². The van der Waals surface area contributed by atoms with E-state index in [0.717, 1.165) is 17.7 Å². The number of benzene rings is 1. The summed E-state index contributed by atoms with van der Waals surface area (Å²) in [6.07, 6.45) is 4.07. The number of hydrogen-bond donors (Lipinski definition) is 2. The fraction of sp³-hybridized carbons (Fsp3) is 0.182. The number of H-pyrrole nitrogens is 1. The maximum atomic E-state index is 11.3. The van der Waals surface area contributed by atoms with Gasteiger partial charge in [-0.3, -0.25) is 4.57 Å². The lowest BCUT2D eigenvalue weighted by atomic mass is 10.1. The maximum absolute atomic E-state index is 11.3. The molecule has 0 bridgehead atoms. The predicted octanol–water partition coefficient (Wildman–Crippen LogP) is 0.598. The number of rotatable bonds is 4. The first-order valence-electron chi connectivity index (χ1n) is 4.98. The van der Waals surface area contributed by atoms with Crippen LogP contribution in [0, 0.1) is 0 Å². The van der Waals surface area contributed by atoms with Crippen molar-refractivity contribution in [2.75, 3.05) is 6.61 Å². The highest BCUT2D eigenvalue weighted by molar-refractivity contribution is 5.34. The minimum atomic E-state index is -0.141. The van der Waals surface area contributed by atoms with Crippen LogP contribution in [0.4, 0.5) is 0 Å². The molecule has 2 rings (SSSR count). The van der Waals surface area contributed by atoms with Crippen LogP contribution in [0.3, 0.4) is 0 Å². The molecule has 0 radical (unpaired) electrons. The predicted molar refractivity (Wildman–Crippen MR) is 60.2 cm³/mol. The summed E-state index contributed by atoms with van der Waals surface area (Å²) in [6, 6.07) is 7.68. The number of hydrogen-bond acceptors (Lipinski definition) is 3. The fourth-order valence-electron chi connectivity index (χ4n) is 1.52. The first kappa shape index (κ1) is 10.7. The Morgan fingerprint density at radius 1 is 1.31 bits per heavy atom. The molecule has 84 valence electrons. The molecule has 2 aromatic rings. The van der Waals surface area contributed by atoms with Crippen LogP contribution >= 0.6 is 0 Å². The van der Waals surface area contributed by atoms with E-state index in [-0.39, 0.29) is 5.69 Å². The lowest BCUT2D eigenvalue weighted by Gasteiger charge is -2.03. The van der Waals surface area contributed by atoms with Crippen LogP contribution in [-0.4, -0.2) is 16.2 Å². The minimum absolute atomic E-state index is 0.141. The Morgan fingerprint density at radius 2 is 2.06 bits per heavy atom. The summed E-state index contributed by atoms with van der Waals surface area (Å²) < 4.78 is 1.54.